The van der Waals surface area contributed by atoms with E-state index < -0.39 is 0 Å². The van der Waals surface area contributed by atoms with E-state index in [0.717, 1.165) is 25.7 Å². The van der Waals surface area contributed by atoms with Gasteiger partial charge in [-0.05, 0) is 43.7 Å². The summed E-state index contributed by atoms with van der Waals surface area (Å²) >= 11 is 0. The zero-order chi connectivity index (χ0) is 12.1. The highest BCUT2D eigenvalue weighted by molar-refractivity contribution is 5.27. The minimum atomic E-state index is 0.415. The number of hydrogen-bond donors (Lipinski definition) is 1. The molecule has 1 aliphatic carbocycles. The van der Waals surface area contributed by atoms with Crippen molar-refractivity contribution in [1.82, 2.24) is 5.32 Å². The molecule has 0 bridgehead atoms. The summed E-state index contributed by atoms with van der Waals surface area (Å²) in [5.41, 5.74) is 2.87. The summed E-state index contributed by atoms with van der Waals surface area (Å²) in [5.74, 6) is 0.855. The van der Waals surface area contributed by atoms with E-state index in [1.54, 1.807) is 0 Å². The van der Waals surface area contributed by atoms with Crippen molar-refractivity contribution in [3.8, 4) is 0 Å². The molecule has 1 saturated carbocycles. The van der Waals surface area contributed by atoms with E-state index in [0.29, 0.717) is 6.04 Å². The first-order valence-electron chi connectivity index (χ1n) is 6.69. The smallest absolute Gasteiger partial charge is 0.0616 e. The molecule has 2 rings (SSSR count). The molecule has 2 nitrogen and oxygen atoms in total. The highest BCUT2D eigenvalue weighted by Gasteiger charge is 2.22. The Labute approximate surface area is 104 Å². The maximum absolute atomic E-state index is 5.38. The Morgan fingerprint density at radius 2 is 2.00 bits per heavy atom. The van der Waals surface area contributed by atoms with Gasteiger partial charge in [0.1, 0.15) is 0 Å². The molecule has 0 aromatic heterocycles. The lowest BCUT2D eigenvalue weighted by Crippen LogP contribution is -2.30. The summed E-state index contributed by atoms with van der Waals surface area (Å²) in [6, 6.07) is 9.46. The lowest BCUT2D eigenvalue weighted by Gasteiger charge is -2.13. The van der Waals surface area contributed by atoms with Crippen LogP contribution in [0.25, 0.3) is 0 Å². The van der Waals surface area contributed by atoms with E-state index in [9.17, 15) is 0 Å². The molecule has 1 fully saturated rings. The molecule has 1 aliphatic rings. The van der Waals surface area contributed by atoms with Crippen LogP contribution < -0.4 is 5.32 Å². The summed E-state index contributed by atoms with van der Waals surface area (Å²) in [6.45, 7) is 6.70. The minimum absolute atomic E-state index is 0.415. The van der Waals surface area contributed by atoms with E-state index in [2.05, 4.69) is 36.5 Å². The van der Waals surface area contributed by atoms with Crippen LogP contribution >= 0.6 is 0 Å². The Bertz CT molecular complexity index is 329. The summed E-state index contributed by atoms with van der Waals surface area (Å²) < 4.78 is 5.38. The monoisotopic (exact) mass is 233 g/mol. The Balaban J connectivity index is 1.74. The molecule has 1 unspecified atom stereocenters. The third-order valence-electron chi connectivity index (χ3n) is 3.26. The van der Waals surface area contributed by atoms with Crippen LogP contribution in [0.5, 0.6) is 0 Å². The van der Waals surface area contributed by atoms with Gasteiger partial charge in [0.2, 0.25) is 0 Å². The van der Waals surface area contributed by atoms with Crippen molar-refractivity contribution in [3.63, 3.8) is 0 Å². The van der Waals surface area contributed by atoms with Crippen LogP contribution in [0.15, 0.2) is 24.3 Å². The lowest BCUT2D eigenvalue weighted by molar-refractivity contribution is 0.127. The Hall–Kier alpha value is -0.860. The summed E-state index contributed by atoms with van der Waals surface area (Å²) in [6.07, 6.45) is 2.76. The Kier molecular flexibility index (Phi) is 4.57. The quantitative estimate of drug-likeness (QED) is 0.781. The van der Waals surface area contributed by atoms with Crippen molar-refractivity contribution in [3.05, 3.63) is 35.4 Å². The van der Waals surface area contributed by atoms with Crippen molar-refractivity contribution < 1.29 is 4.74 Å². The average molecular weight is 233 g/mol. The van der Waals surface area contributed by atoms with E-state index in [-0.39, 0.29) is 0 Å². The predicted molar refractivity (Wildman–Crippen MR) is 71.2 cm³/mol. The number of nitrogens with one attached hydrogen (secondary N) is 1. The first kappa shape index (κ1) is 12.6. The fraction of sp³-hybridized carbons (Fsp3) is 0.600. The van der Waals surface area contributed by atoms with Crippen molar-refractivity contribution >= 4 is 0 Å². The highest BCUT2D eigenvalue weighted by atomic mass is 16.5. The van der Waals surface area contributed by atoms with Gasteiger partial charge in [-0.2, -0.15) is 0 Å². The van der Waals surface area contributed by atoms with Crippen LogP contribution in [0.1, 0.15) is 43.7 Å². The van der Waals surface area contributed by atoms with Crippen LogP contribution in [0.3, 0.4) is 0 Å². The van der Waals surface area contributed by atoms with Gasteiger partial charge in [0, 0.05) is 19.2 Å². The Morgan fingerprint density at radius 3 is 2.59 bits per heavy atom. The molecule has 0 spiro atoms. The Morgan fingerprint density at radius 1 is 1.29 bits per heavy atom. The van der Waals surface area contributed by atoms with Gasteiger partial charge in [-0.1, -0.05) is 24.3 Å². The molecule has 2 heteroatoms. The second-order valence-corrected chi connectivity index (χ2v) is 4.96. The largest absolute Gasteiger partial charge is 0.380 e. The van der Waals surface area contributed by atoms with Crippen LogP contribution in [0.2, 0.25) is 0 Å². The van der Waals surface area contributed by atoms with E-state index >= 15 is 0 Å². The predicted octanol–water partition coefficient (Wildman–Crippen LogP) is 3.08. The first-order valence-corrected chi connectivity index (χ1v) is 6.69. The lowest BCUT2D eigenvalue weighted by atomic mass is 10.1. The molecular weight excluding hydrogens is 210 g/mol. The first-order chi connectivity index (χ1) is 8.29. The zero-order valence-electron chi connectivity index (χ0n) is 10.9. The van der Waals surface area contributed by atoms with Crippen molar-refractivity contribution in [2.45, 2.75) is 45.2 Å². The molecule has 1 N–H and O–H groups in total. The number of rotatable bonds is 7. The van der Waals surface area contributed by atoms with Gasteiger partial charge in [0.05, 0.1) is 6.61 Å². The van der Waals surface area contributed by atoms with E-state index in [1.165, 1.54) is 24.0 Å². The third kappa shape index (κ3) is 4.14. The molecule has 0 heterocycles. The molecule has 0 aliphatic heterocycles. The molecule has 0 radical (unpaired) electrons. The van der Waals surface area contributed by atoms with Gasteiger partial charge < -0.3 is 10.1 Å². The molecular formula is C15H23NO. The SMILES string of the molecule is CCOCC(C)NCc1ccc(C2CC2)cc1. The minimum Gasteiger partial charge on any atom is -0.380 e. The van der Waals surface area contributed by atoms with E-state index in [4.69, 9.17) is 4.74 Å². The normalized spacial score (nSPS) is 17.1. The summed E-state index contributed by atoms with van der Waals surface area (Å²) in [5, 5.41) is 3.47. The van der Waals surface area contributed by atoms with Gasteiger partial charge in [0.15, 0.2) is 0 Å². The van der Waals surface area contributed by atoms with Gasteiger partial charge in [-0.25, -0.2) is 0 Å². The van der Waals surface area contributed by atoms with Gasteiger partial charge in [-0.3, -0.25) is 0 Å². The number of benzene rings is 1. The van der Waals surface area contributed by atoms with Crippen molar-refractivity contribution in [2.24, 2.45) is 0 Å². The van der Waals surface area contributed by atoms with Gasteiger partial charge >= 0.3 is 0 Å². The van der Waals surface area contributed by atoms with Crippen LogP contribution in [-0.4, -0.2) is 19.3 Å². The molecule has 1 aromatic carbocycles. The summed E-state index contributed by atoms with van der Waals surface area (Å²) in [7, 11) is 0. The van der Waals surface area contributed by atoms with Crippen LogP contribution in [0.4, 0.5) is 0 Å². The van der Waals surface area contributed by atoms with Crippen LogP contribution in [-0.2, 0) is 11.3 Å². The number of hydrogen-bond acceptors (Lipinski definition) is 2. The highest BCUT2D eigenvalue weighted by Crippen LogP contribution is 2.39. The van der Waals surface area contributed by atoms with Crippen LogP contribution in [0, 0.1) is 0 Å². The molecule has 0 amide bonds. The van der Waals surface area contributed by atoms with E-state index in [1.807, 2.05) is 6.92 Å². The van der Waals surface area contributed by atoms with Gasteiger partial charge in [-0.15, -0.1) is 0 Å². The molecule has 17 heavy (non-hydrogen) atoms. The molecule has 1 atom stereocenters. The molecule has 1 aromatic rings. The fourth-order valence-electron chi connectivity index (χ4n) is 1.97. The number of ether oxygens (including phenoxy) is 1. The summed E-state index contributed by atoms with van der Waals surface area (Å²) in [4.78, 5) is 0. The average Bonchev–Trinajstić information content (AvgIpc) is 3.19. The maximum atomic E-state index is 5.38. The second-order valence-electron chi connectivity index (χ2n) is 4.96. The zero-order valence-corrected chi connectivity index (χ0v) is 10.9. The molecule has 94 valence electrons. The fourth-order valence-corrected chi connectivity index (χ4v) is 1.97. The third-order valence-corrected chi connectivity index (χ3v) is 3.26. The molecule has 0 saturated heterocycles. The van der Waals surface area contributed by atoms with Crippen molar-refractivity contribution in [1.29, 1.82) is 0 Å². The standard InChI is InChI=1S/C15H23NO/c1-3-17-11-12(2)16-10-13-4-6-14(7-5-13)15-8-9-15/h4-7,12,15-16H,3,8-11H2,1-2H3. The van der Waals surface area contributed by atoms with Gasteiger partial charge in [0.25, 0.3) is 0 Å². The van der Waals surface area contributed by atoms with Crippen molar-refractivity contribution in [2.75, 3.05) is 13.2 Å². The topological polar surface area (TPSA) is 21.3 Å². The maximum Gasteiger partial charge on any atom is 0.0616 e. The second kappa shape index (κ2) is 6.18.